The van der Waals surface area contributed by atoms with E-state index < -0.39 is 0 Å². The van der Waals surface area contributed by atoms with Crippen LogP contribution in [0, 0.1) is 0 Å². The van der Waals surface area contributed by atoms with E-state index in [1.165, 1.54) is 0 Å². The van der Waals surface area contributed by atoms with Crippen molar-refractivity contribution in [2.75, 3.05) is 19.6 Å². The zero-order valence-corrected chi connectivity index (χ0v) is 11.5. The summed E-state index contributed by atoms with van der Waals surface area (Å²) in [6.07, 6.45) is 0.710. The zero-order valence-electron chi connectivity index (χ0n) is 11.5. The van der Waals surface area contributed by atoms with Gasteiger partial charge in [0.05, 0.1) is 0 Å². The van der Waals surface area contributed by atoms with Gasteiger partial charge in [0.25, 0.3) is 0 Å². The van der Waals surface area contributed by atoms with Gasteiger partial charge in [0.2, 0.25) is 0 Å². The minimum absolute atomic E-state index is 0.0129. The SMILES string of the molecule is CCN(CC)C(=O)NCCc1cc2ccccc2o1. The highest BCUT2D eigenvalue weighted by molar-refractivity contribution is 5.77. The number of amides is 2. The molecule has 0 aliphatic rings. The molecule has 0 unspecified atom stereocenters. The average molecular weight is 260 g/mol. The topological polar surface area (TPSA) is 45.5 Å². The molecule has 4 nitrogen and oxygen atoms in total. The predicted molar refractivity (Wildman–Crippen MR) is 76.2 cm³/mol. The number of carbonyl (C=O) groups is 1. The lowest BCUT2D eigenvalue weighted by atomic mass is 10.2. The van der Waals surface area contributed by atoms with Crippen LogP contribution in [0.4, 0.5) is 4.79 Å². The molecular weight excluding hydrogens is 240 g/mol. The zero-order chi connectivity index (χ0) is 13.7. The maximum atomic E-state index is 11.8. The number of furan rings is 1. The highest BCUT2D eigenvalue weighted by atomic mass is 16.3. The number of urea groups is 1. The van der Waals surface area contributed by atoms with E-state index in [2.05, 4.69) is 5.32 Å². The average Bonchev–Trinajstić information content (AvgIpc) is 2.82. The van der Waals surface area contributed by atoms with E-state index in [4.69, 9.17) is 4.42 Å². The van der Waals surface area contributed by atoms with Crippen LogP contribution in [-0.2, 0) is 6.42 Å². The second kappa shape index (κ2) is 6.27. The fourth-order valence-electron chi connectivity index (χ4n) is 2.08. The molecule has 1 aromatic heterocycles. The van der Waals surface area contributed by atoms with Gasteiger partial charge >= 0.3 is 6.03 Å². The van der Waals surface area contributed by atoms with Gasteiger partial charge in [0.15, 0.2) is 0 Å². The summed E-state index contributed by atoms with van der Waals surface area (Å²) >= 11 is 0. The number of para-hydroxylation sites is 1. The summed E-state index contributed by atoms with van der Waals surface area (Å²) in [5, 5.41) is 4.01. The van der Waals surface area contributed by atoms with Crippen molar-refractivity contribution in [1.29, 1.82) is 0 Å². The van der Waals surface area contributed by atoms with Crippen molar-refractivity contribution in [3.63, 3.8) is 0 Å². The quantitative estimate of drug-likeness (QED) is 0.898. The molecule has 0 saturated heterocycles. The summed E-state index contributed by atoms with van der Waals surface area (Å²) in [6.45, 7) is 6.00. The number of hydrogen-bond donors (Lipinski definition) is 1. The molecule has 0 atom stereocenters. The Morgan fingerprint density at radius 3 is 2.68 bits per heavy atom. The molecule has 2 amide bonds. The molecule has 2 aromatic rings. The molecule has 1 heterocycles. The number of carbonyl (C=O) groups excluding carboxylic acids is 1. The van der Waals surface area contributed by atoms with Crippen LogP contribution < -0.4 is 5.32 Å². The number of rotatable bonds is 5. The molecule has 0 aliphatic heterocycles. The summed E-state index contributed by atoms with van der Waals surface area (Å²) < 4.78 is 5.70. The van der Waals surface area contributed by atoms with Gasteiger partial charge in [-0.1, -0.05) is 18.2 Å². The Kier molecular flexibility index (Phi) is 4.44. The van der Waals surface area contributed by atoms with Gasteiger partial charge < -0.3 is 14.6 Å². The maximum absolute atomic E-state index is 11.8. The summed E-state index contributed by atoms with van der Waals surface area (Å²) in [4.78, 5) is 13.5. The van der Waals surface area contributed by atoms with Crippen LogP contribution in [0.5, 0.6) is 0 Å². The van der Waals surface area contributed by atoms with E-state index in [9.17, 15) is 4.79 Å². The summed E-state index contributed by atoms with van der Waals surface area (Å²) in [6, 6.07) is 9.94. The van der Waals surface area contributed by atoms with Gasteiger partial charge in [0, 0.05) is 31.4 Å². The third-order valence-corrected chi connectivity index (χ3v) is 3.17. The second-order valence-corrected chi connectivity index (χ2v) is 4.40. The van der Waals surface area contributed by atoms with E-state index in [0.29, 0.717) is 13.0 Å². The van der Waals surface area contributed by atoms with Crippen molar-refractivity contribution < 1.29 is 9.21 Å². The van der Waals surface area contributed by atoms with Gasteiger partial charge in [-0.15, -0.1) is 0 Å². The van der Waals surface area contributed by atoms with E-state index in [1.54, 1.807) is 4.90 Å². The Hall–Kier alpha value is -1.97. The maximum Gasteiger partial charge on any atom is 0.317 e. The van der Waals surface area contributed by atoms with Crippen LogP contribution >= 0.6 is 0 Å². The molecular formula is C15H20N2O2. The van der Waals surface area contributed by atoms with Gasteiger partial charge in [-0.3, -0.25) is 0 Å². The number of benzene rings is 1. The highest BCUT2D eigenvalue weighted by Gasteiger charge is 2.08. The van der Waals surface area contributed by atoms with Gasteiger partial charge in [-0.05, 0) is 26.0 Å². The van der Waals surface area contributed by atoms with Gasteiger partial charge in [-0.2, -0.15) is 0 Å². The standard InChI is InChI=1S/C15H20N2O2/c1-3-17(4-2)15(18)16-10-9-13-11-12-7-5-6-8-14(12)19-13/h5-8,11H,3-4,9-10H2,1-2H3,(H,16,18). The second-order valence-electron chi connectivity index (χ2n) is 4.40. The van der Waals surface area contributed by atoms with Crippen molar-refractivity contribution in [2.45, 2.75) is 20.3 Å². The van der Waals surface area contributed by atoms with Gasteiger partial charge in [-0.25, -0.2) is 4.79 Å². The van der Waals surface area contributed by atoms with Crippen molar-refractivity contribution in [1.82, 2.24) is 10.2 Å². The molecule has 0 spiro atoms. The molecule has 19 heavy (non-hydrogen) atoms. The number of hydrogen-bond acceptors (Lipinski definition) is 2. The first-order chi connectivity index (χ1) is 9.24. The van der Waals surface area contributed by atoms with Crippen LogP contribution in [0.15, 0.2) is 34.7 Å². The molecule has 0 bridgehead atoms. The van der Waals surface area contributed by atoms with Gasteiger partial charge in [0.1, 0.15) is 11.3 Å². The Morgan fingerprint density at radius 1 is 1.26 bits per heavy atom. The highest BCUT2D eigenvalue weighted by Crippen LogP contribution is 2.18. The molecule has 0 aliphatic carbocycles. The molecule has 1 N–H and O–H groups in total. The van der Waals surface area contributed by atoms with E-state index in [1.807, 2.05) is 44.2 Å². The fourth-order valence-corrected chi connectivity index (χ4v) is 2.08. The fraction of sp³-hybridized carbons (Fsp3) is 0.400. The van der Waals surface area contributed by atoms with Crippen LogP contribution in [0.2, 0.25) is 0 Å². The smallest absolute Gasteiger partial charge is 0.317 e. The summed E-state index contributed by atoms with van der Waals surface area (Å²) in [5.41, 5.74) is 0.896. The third kappa shape index (κ3) is 3.28. The minimum Gasteiger partial charge on any atom is -0.461 e. The molecule has 102 valence electrons. The van der Waals surface area contributed by atoms with E-state index >= 15 is 0 Å². The minimum atomic E-state index is -0.0129. The summed E-state index contributed by atoms with van der Waals surface area (Å²) in [7, 11) is 0. The van der Waals surface area contributed by atoms with E-state index in [-0.39, 0.29) is 6.03 Å². The van der Waals surface area contributed by atoms with Crippen molar-refractivity contribution in [2.24, 2.45) is 0 Å². The number of nitrogens with zero attached hydrogens (tertiary/aromatic N) is 1. The molecule has 4 heteroatoms. The predicted octanol–water partition coefficient (Wildman–Crippen LogP) is 3.03. The number of fused-ring (bicyclic) bond motifs is 1. The summed E-state index contributed by atoms with van der Waals surface area (Å²) in [5.74, 6) is 0.904. The molecule has 2 rings (SSSR count). The Labute approximate surface area is 113 Å². The largest absolute Gasteiger partial charge is 0.461 e. The Balaban J connectivity index is 1.87. The van der Waals surface area contributed by atoms with E-state index in [0.717, 1.165) is 29.8 Å². The normalized spacial score (nSPS) is 10.6. The first-order valence-electron chi connectivity index (χ1n) is 6.74. The first kappa shape index (κ1) is 13.5. The van der Waals surface area contributed by atoms with Crippen molar-refractivity contribution in [3.05, 3.63) is 36.1 Å². The third-order valence-electron chi connectivity index (χ3n) is 3.17. The molecule has 0 fully saturated rings. The first-order valence-corrected chi connectivity index (χ1v) is 6.74. The lowest BCUT2D eigenvalue weighted by Crippen LogP contribution is -2.40. The Bertz CT molecular complexity index is 511. The van der Waals surface area contributed by atoms with Crippen molar-refractivity contribution >= 4 is 17.0 Å². The van der Waals surface area contributed by atoms with Crippen LogP contribution in [0.3, 0.4) is 0 Å². The van der Waals surface area contributed by atoms with Crippen LogP contribution in [0.25, 0.3) is 11.0 Å². The lowest BCUT2D eigenvalue weighted by molar-refractivity contribution is 0.203. The number of nitrogens with one attached hydrogen (secondary N) is 1. The molecule has 0 radical (unpaired) electrons. The van der Waals surface area contributed by atoms with Crippen LogP contribution in [-0.4, -0.2) is 30.6 Å². The molecule has 1 aromatic carbocycles. The lowest BCUT2D eigenvalue weighted by Gasteiger charge is -2.18. The van der Waals surface area contributed by atoms with Crippen molar-refractivity contribution in [3.8, 4) is 0 Å². The monoisotopic (exact) mass is 260 g/mol. The van der Waals surface area contributed by atoms with Crippen LogP contribution in [0.1, 0.15) is 19.6 Å². The Morgan fingerprint density at radius 2 is 2.00 bits per heavy atom. The molecule has 0 saturated carbocycles.